The van der Waals surface area contributed by atoms with Gasteiger partial charge in [-0.25, -0.2) is 0 Å². The first-order valence-corrected chi connectivity index (χ1v) is 11.5. The molecule has 110 valence electrons. The van der Waals surface area contributed by atoms with Crippen LogP contribution < -0.4 is 0 Å². The van der Waals surface area contributed by atoms with Gasteiger partial charge in [-0.05, 0) is 12.0 Å². The molecular formula is C18H31BSi. The molecule has 1 rings (SSSR count). The van der Waals surface area contributed by atoms with Gasteiger partial charge in [-0.1, -0.05) is 95.0 Å². The third-order valence-electron chi connectivity index (χ3n) is 4.80. The summed E-state index contributed by atoms with van der Waals surface area (Å²) in [6.45, 7) is 15.2. The van der Waals surface area contributed by atoms with E-state index in [4.69, 9.17) is 0 Å². The average Bonchev–Trinajstić information content (AvgIpc) is 2.48. The Morgan fingerprint density at radius 1 is 0.950 bits per heavy atom. The highest BCUT2D eigenvalue weighted by Gasteiger charge is 2.30. The largest absolute Gasteiger partial charge is 0.169 e. The fraction of sp³-hybridized carbons (Fsp3) is 0.556. The number of hydrogen-bond acceptors (Lipinski definition) is 0. The van der Waals surface area contributed by atoms with Crippen LogP contribution in [0, 0.1) is 0 Å². The van der Waals surface area contributed by atoms with Crippen molar-refractivity contribution >= 4 is 20.0 Å². The lowest BCUT2D eigenvalue weighted by Crippen LogP contribution is -2.31. The van der Waals surface area contributed by atoms with E-state index in [9.17, 15) is 0 Å². The summed E-state index contributed by atoms with van der Waals surface area (Å²) in [6, 6.07) is 12.5. The highest BCUT2D eigenvalue weighted by atomic mass is 28.3. The first-order valence-electron chi connectivity index (χ1n) is 8.30. The van der Waals surface area contributed by atoms with Crippen molar-refractivity contribution < 1.29 is 0 Å². The molecule has 0 aliphatic rings. The quantitative estimate of drug-likeness (QED) is 0.524. The first-order chi connectivity index (χ1) is 9.51. The highest BCUT2D eigenvalue weighted by molar-refractivity contribution is 6.96. The van der Waals surface area contributed by atoms with Gasteiger partial charge < -0.3 is 0 Å². The van der Waals surface area contributed by atoms with Crippen molar-refractivity contribution in [1.82, 2.24) is 0 Å². The Labute approximate surface area is 127 Å². The molecule has 0 amide bonds. The van der Waals surface area contributed by atoms with Crippen LogP contribution in [0.5, 0.6) is 0 Å². The number of rotatable bonds is 7. The molecule has 0 nitrogen and oxygen atoms in total. The summed E-state index contributed by atoms with van der Waals surface area (Å²) in [4.78, 5) is 0. The molecule has 0 N–H and O–H groups in total. The molecule has 0 atom stereocenters. The molecule has 0 radical (unpaired) electrons. The van der Waals surface area contributed by atoms with Gasteiger partial charge in [-0.2, -0.15) is 0 Å². The monoisotopic (exact) mass is 286 g/mol. The van der Waals surface area contributed by atoms with E-state index < -0.39 is 8.07 Å². The van der Waals surface area contributed by atoms with Gasteiger partial charge in [0.25, 0.3) is 0 Å². The molecule has 0 unspecified atom stereocenters. The Morgan fingerprint density at radius 3 is 1.90 bits per heavy atom. The van der Waals surface area contributed by atoms with E-state index in [0.29, 0.717) is 0 Å². The van der Waals surface area contributed by atoms with Crippen molar-refractivity contribution in [2.45, 2.75) is 65.9 Å². The lowest BCUT2D eigenvalue weighted by Gasteiger charge is -2.31. The predicted octanol–water partition coefficient (Wildman–Crippen LogP) is 6.19. The minimum Gasteiger partial charge on any atom is -0.101 e. The maximum atomic E-state index is 2.54. The van der Waals surface area contributed by atoms with Gasteiger partial charge >= 0.3 is 0 Å². The second kappa shape index (κ2) is 7.87. The third kappa shape index (κ3) is 3.88. The van der Waals surface area contributed by atoms with Gasteiger partial charge in [0.05, 0.1) is 8.07 Å². The zero-order valence-corrected chi connectivity index (χ0v) is 15.3. The van der Waals surface area contributed by atoms with Gasteiger partial charge in [0.1, 0.15) is 0 Å². The van der Waals surface area contributed by atoms with E-state index in [-0.39, 0.29) is 0 Å². The van der Waals surface area contributed by atoms with Gasteiger partial charge in [0.2, 0.25) is 0 Å². The van der Waals surface area contributed by atoms with Gasteiger partial charge in [-0.15, -0.1) is 5.47 Å². The van der Waals surface area contributed by atoms with Gasteiger partial charge in [-0.3, -0.25) is 0 Å². The highest BCUT2D eigenvalue weighted by Crippen LogP contribution is 2.35. The van der Waals surface area contributed by atoms with E-state index in [1.807, 2.05) is 0 Å². The van der Waals surface area contributed by atoms with Crippen LogP contribution in [0.3, 0.4) is 0 Å². The second-order valence-electron chi connectivity index (χ2n) is 6.37. The summed E-state index contributed by atoms with van der Waals surface area (Å²) in [5.74, 6) is 0. The zero-order valence-electron chi connectivity index (χ0n) is 14.3. The lowest BCUT2D eigenvalue weighted by atomic mass is 9.40. The summed E-state index contributed by atoms with van der Waals surface area (Å²) in [6.07, 6.45) is 3.74. The number of hydrogen-bond donors (Lipinski definition) is 0. The van der Waals surface area contributed by atoms with Crippen LogP contribution in [-0.4, -0.2) is 14.8 Å². The number of benzene rings is 1. The van der Waals surface area contributed by atoms with Crippen molar-refractivity contribution in [2.24, 2.45) is 0 Å². The molecule has 1 aromatic carbocycles. The summed E-state index contributed by atoms with van der Waals surface area (Å²) in [5.41, 5.74) is 3.22. The Hall–Kier alpha value is -0.758. The summed E-state index contributed by atoms with van der Waals surface area (Å²) in [5, 5.41) is 1.73. The summed E-state index contributed by atoms with van der Waals surface area (Å²) in [7, 11) is -1.35. The van der Waals surface area contributed by atoms with Crippen LogP contribution in [0.25, 0.3) is 5.20 Å². The molecule has 0 aliphatic heterocycles. The standard InChI is InChI=1S/C18H31BSi/c1-7-17(19(8-2)9-3)18(20(5,6)10-4)16-14-12-11-13-15-16/h11-15H,7-10H2,1-6H3/b18-17-. The fourth-order valence-electron chi connectivity index (χ4n) is 3.24. The van der Waals surface area contributed by atoms with Crippen molar-refractivity contribution in [3.8, 4) is 0 Å². The first kappa shape index (κ1) is 17.3. The molecule has 0 saturated carbocycles. The Kier molecular flexibility index (Phi) is 6.81. The molecule has 0 bridgehead atoms. The fourth-order valence-corrected chi connectivity index (χ4v) is 5.80. The Balaban J connectivity index is 3.50. The predicted molar refractivity (Wildman–Crippen MR) is 98.3 cm³/mol. The van der Waals surface area contributed by atoms with E-state index in [0.717, 1.165) is 6.71 Å². The molecule has 0 aromatic heterocycles. The normalized spacial score (nSPS) is 13.1. The van der Waals surface area contributed by atoms with Crippen molar-refractivity contribution in [2.75, 3.05) is 0 Å². The van der Waals surface area contributed by atoms with Crippen molar-refractivity contribution in [1.29, 1.82) is 0 Å². The van der Waals surface area contributed by atoms with Crippen LogP contribution >= 0.6 is 0 Å². The zero-order chi connectivity index (χ0) is 15.2. The maximum absolute atomic E-state index is 2.54. The van der Waals surface area contributed by atoms with Crippen LogP contribution in [0.2, 0.25) is 31.8 Å². The minimum absolute atomic E-state index is 0.758. The summed E-state index contributed by atoms with van der Waals surface area (Å²) < 4.78 is 0. The maximum Gasteiger partial charge on any atom is 0.169 e. The molecule has 0 heterocycles. The molecule has 0 aliphatic carbocycles. The molecule has 0 saturated heterocycles. The third-order valence-corrected chi connectivity index (χ3v) is 8.53. The van der Waals surface area contributed by atoms with Gasteiger partial charge in [0, 0.05) is 0 Å². The van der Waals surface area contributed by atoms with Crippen LogP contribution in [0.4, 0.5) is 0 Å². The van der Waals surface area contributed by atoms with Crippen LogP contribution in [0.1, 0.15) is 39.7 Å². The lowest BCUT2D eigenvalue weighted by molar-refractivity contribution is 1.15. The van der Waals surface area contributed by atoms with E-state index in [2.05, 4.69) is 71.1 Å². The van der Waals surface area contributed by atoms with E-state index in [1.165, 1.54) is 30.7 Å². The Bertz CT molecular complexity index is 430. The summed E-state index contributed by atoms with van der Waals surface area (Å²) >= 11 is 0. The molecule has 0 spiro atoms. The van der Waals surface area contributed by atoms with Gasteiger partial charge in [0.15, 0.2) is 6.71 Å². The molecule has 0 fully saturated rings. The topological polar surface area (TPSA) is 0 Å². The smallest absolute Gasteiger partial charge is 0.101 e. The number of allylic oxidation sites excluding steroid dienone is 1. The average molecular weight is 286 g/mol. The van der Waals surface area contributed by atoms with Crippen LogP contribution in [-0.2, 0) is 0 Å². The second-order valence-corrected chi connectivity index (χ2v) is 11.3. The minimum atomic E-state index is -1.35. The van der Waals surface area contributed by atoms with Crippen molar-refractivity contribution in [3.05, 3.63) is 41.4 Å². The van der Waals surface area contributed by atoms with E-state index in [1.54, 1.807) is 10.7 Å². The van der Waals surface area contributed by atoms with E-state index >= 15 is 0 Å². The molecule has 2 heteroatoms. The van der Waals surface area contributed by atoms with Crippen LogP contribution in [0.15, 0.2) is 35.8 Å². The van der Waals surface area contributed by atoms with Crippen molar-refractivity contribution in [3.63, 3.8) is 0 Å². The molecule has 1 aromatic rings. The Morgan fingerprint density at radius 2 is 1.50 bits per heavy atom. The molecular weight excluding hydrogens is 255 g/mol. The molecule has 20 heavy (non-hydrogen) atoms. The SMILES string of the molecule is CCB(CC)/C(CC)=C(/c1ccccc1)[Si](C)(C)CC.